The van der Waals surface area contributed by atoms with Crippen LogP contribution < -0.4 is 20.9 Å². The highest BCUT2D eigenvalue weighted by Gasteiger charge is 2.27. The van der Waals surface area contributed by atoms with Crippen LogP contribution in [0.3, 0.4) is 0 Å². The quantitative estimate of drug-likeness (QED) is 0.340. The number of nitrogen functional groups attached to an aromatic ring is 2. The summed E-state index contributed by atoms with van der Waals surface area (Å²) in [5, 5.41) is 0. The molecule has 4 aromatic rings. The van der Waals surface area contributed by atoms with Crippen molar-refractivity contribution in [2.24, 2.45) is 0 Å². The van der Waals surface area contributed by atoms with Crippen LogP contribution in [0.5, 0.6) is 11.5 Å². The minimum Gasteiger partial charge on any atom is -0.496 e. The lowest BCUT2D eigenvalue weighted by Gasteiger charge is -2.28. The number of hydrogen-bond acceptors (Lipinski definition) is 5. The predicted molar refractivity (Wildman–Crippen MR) is 132 cm³/mol. The third-order valence-electron chi connectivity index (χ3n) is 5.56. The van der Waals surface area contributed by atoms with E-state index in [0.29, 0.717) is 22.9 Å². The molecule has 0 spiro atoms. The predicted octanol–water partition coefficient (Wildman–Crippen LogP) is 5.76. The van der Waals surface area contributed by atoms with E-state index in [2.05, 4.69) is 0 Å². The fraction of sp³-hybridized carbons (Fsp3) is 0.143. The van der Waals surface area contributed by atoms with E-state index in [-0.39, 0.29) is 0 Å². The Balaban J connectivity index is 1.87. The van der Waals surface area contributed by atoms with E-state index in [1.54, 1.807) is 14.2 Å². The van der Waals surface area contributed by atoms with Crippen LogP contribution in [0.2, 0.25) is 0 Å². The third-order valence-corrected chi connectivity index (χ3v) is 5.56. The van der Waals surface area contributed by atoms with Gasteiger partial charge in [-0.3, -0.25) is 0 Å². The van der Waals surface area contributed by atoms with E-state index >= 15 is 0 Å². The van der Waals surface area contributed by atoms with E-state index in [0.717, 1.165) is 22.3 Å². The van der Waals surface area contributed by atoms with Crippen LogP contribution in [0.15, 0.2) is 97.1 Å². The Morgan fingerprint density at radius 1 is 0.545 bits per heavy atom. The van der Waals surface area contributed by atoms with Crippen molar-refractivity contribution in [1.82, 2.24) is 0 Å². The fourth-order valence-corrected chi connectivity index (χ4v) is 3.94. The van der Waals surface area contributed by atoms with Gasteiger partial charge in [-0.2, -0.15) is 0 Å². The highest BCUT2D eigenvalue weighted by molar-refractivity contribution is 5.53. The number of methoxy groups -OCH3 is 2. The third kappa shape index (κ3) is 4.94. The molecule has 0 aliphatic carbocycles. The molecule has 0 saturated carbocycles. The van der Waals surface area contributed by atoms with Crippen molar-refractivity contribution in [3.63, 3.8) is 0 Å². The molecule has 0 saturated heterocycles. The smallest absolute Gasteiger partial charge is 0.127 e. The van der Waals surface area contributed by atoms with E-state index < -0.39 is 12.2 Å². The summed E-state index contributed by atoms with van der Waals surface area (Å²) in [6.07, 6.45) is -0.844. The minimum absolute atomic E-state index is 0.422. The molecule has 5 nitrogen and oxygen atoms in total. The number of rotatable bonds is 8. The Morgan fingerprint density at radius 2 is 0.939 bits per heavy atom. The molecule has 4 aromatic carbocycles. The van der Waals surface area contributed by atoms with Gasteiger partial charge in [0.15, 0.2) is 0 Å². The van der Waals surface area contributed by atoms with Crippen LogP contribution in [-0.4, -0.2) is 14.2 Å². The first-order chi connectivity index (χ1) is 16.1. The van der Waals surface area contributed by atoms with Gasteiger partial charge in [0.2, 0.25) is 0 Å². The molecule has 2 unspecified atom stereocenters. The van der Waals surface area contributed by atoms with E-state index in [4.69, 9.17) is 25.7 Å². The minimum atomic E-state index is -0.422. The highest BCUT2D eigenvalue weighted by Crippen LogP contribution is 2.42. The molecular weight excluding hydrogens is 412 g/mol. The summed E-state index contributed by atoms with van der Waals surface area (Å²) in [7, 11) is 3.27. The normalized spacial score (nSPS) is 12.7. The molecule has 4 N–H and O–H groups in total. The van der Waals surface area contributed by atoms with Gasteiger partial charge in [0.25, 0.3) is 0 Å². The van der Waals surface area contributed by atoms with E-state index in [1.165, 1.54) is 0 Å². The van der Waals surface area contributed by atoms with Crippen molar-refractivity contribution in [3.05, 3.63) is 119 Å². The van der Waals surface area contributed by atoms with Gasteiger partial charge in [-0.05, 0) is 23.3 Å². The van der Waals surface area contributed by atoms with Crippen LogP contribution in [0.25, 0.3) is 0 Å². The molecule has 0 aliphatic heterocycles. The van der Waals surface area contributed by atoms with Gasteiger partial charge in [0.05, 0.1) is 14.2 Å². The first-order valence-electron chi connectivity index (χ1n) is 10.7. The monoisotopic (exact) mass is 440 g/mol. The molecule has 2 atom stereocenters. The Labute approximate surface area is 194 Å². The molecule has 0 heterocycles. The number of hydrogen-bond donors (Lipinski definition) is 2. The van der Waals surface area contributed by atoms with Gasteiger partial charge < -0.3 is 25.7 Å². The van der Waals surface area contributed by atoms with Crippen molar-refractivity contribution in [2.45, 2.75) is 12.2 Å². The van der Waals surface area contributed by atoms with Crippen LogP contribution >= 0.6 is 0 Å². The molecule has 0 aliphatic rings. The van der Waals surface area contributed by atoms with Crippen molar-refractivity contribution in [1.29, 1.82) is 0 Å². The second kappa shape index (κ2) is 10.1. The zero-order valence-electron chi connectivity index (χ0n) is 18.8. The molecule has 0 fully saturated rings. The van der Waals surface area contributed by atoms with Gasteiger partial charge in [-0.1, -0.05) is 72.8 Å². The number of ether oxygens (including phenoxy) is 3. The maximum Gasteiger partial charge on any atom is 0.127 e. The summed E-state index contributed by atoms with van der Waals surface area (Å²) < 4.78 is 18.3. The average Bonchev–Trinajstić information content (AvgIpc) is 2.86. The average molecular weight is 441 g/mol. The molecule has 0 amide bonds. The summed E-state index contributed by atoms with van der Waals surface area (Å²) in [5.74, 6) is 1.33. The van der Waals surface area contributed by atoms with Crippen molar-refractivity contribution in [2.75, 3.05) is 25.7 Å². The molecule has 0 radical (unpaired) electrons. The van der Waals surface area contributed by atoms with Crippen molar-refractivity contribution < 1.29 is 14.2 Å². The first kappa shape index (κ1) is 22.2. The fourth-order valence-electron chi connectivity index (χ4n) is 3.94. The lowest BCUT2D eigenvalue weighted by Crippen LogP contribution is -2.15. The molecule has 4 rings (SSSR count). The zero-order chi connectivity index (χ0) is 23.2. The summed E-state index contributed by atoms with van der Waals surface area (Å²) >= 11 is 0. The molecule has 33 heavy (non-hydrogen) atoms. The van der Waals surface area contributed by atoms with Crippen molar-refractivity contribution >= 4 is 11.4 Å². The van der Waals surface area contributed by atoms with Gasteiger partial charge in [-0.25, -0.2) is 0 Å². The second-order valence-corrected chi connectivity index (χ2v) is 7.72. The SMILES string of the molecule is COc1cc(N)ccc1C(OC(c1ccccc1)c1ccc(N)cc1OC)c1ccccc1. The van der Waals surface area contributed by atoms with Gasteiger partial charge in [0, 0.05) is 34.6 Å². The van der Waals surface area contributed by atoms with Gasteiger partial charge >= 0.3 is 0 Å². The summed E-state index contributed by atoms with van der Waals surface area (Å²) in [5.41, 5.74) is 17.1. The second-order valence-electron chi connectivity index (χ2n) is 7.72. The van der Waals surface area contributed by atoms with Gasteiger partial charge in [0.1, 0.15) is 23.7 Å². The number of benzene rings is 4. The Morgan fingerprint density at radius 3 is 1.30 bits per heavy atom. The lowest BCUT2D eigenvalue weighted by atomic mass is 9.96. The Bertz CT molecular complexity index is 1100. The highest BCUT2D eigenvalue weighted by atomic mass is 16.5. The molecule has 0 aromatic heterocycles. The summed E-state index contributed by atoms with van der Waals surface area (Å²) in [6, 6.07) is 31.4. The molecule has 5 heteroatoms. The maximum atomic E-state index is 6.92. The Hall–Kier alpha value is -3.96. The van der Waals surface area contributed by atoms with Crippen LogP contribution in [0, 0.1) is 0 Å². The first-order valence-corrected chi connectivity index (χ1v) is 10.7. The largest absolute Gasteiger partial charge is 0.496 e. The Kier molecular flexibility index (Phi) is 6.81. The molecular formula is C28H28N2O3. The van der Waals surface area contributed by atoms with Crippen molar-refractivity contribution in [3.8, 4) is 11.5 Å². The molecule has 0 bridgehead atoms. The van der Waals surface area contributed by atoms with Crippen LogP contribution in [0.4, 0.5) is 11.4 Å². The summed E-state index contributed by atoms with van der Waals surface area (Å²) in [4.78, 5) is 0. The standard InChI is InChI=1S/C28H28N2O3/c1-31-25-17-21(29)13-15-23(25)27(19-9-5-3-6-10-19)33-28(20-11-7-4-8-12-20)24-16-14-22(30)18-26(24)32-2/h3-18,27-28H,29-30H2,1-2H3. The van der Waals surface area contributed by atoms with E-state index in [9.17, 15) is 0 Å². The zero-order valence-corrected chi connectivity index (χ0v) is 18.8. The molecule has 168 valence electrons. The summed E-state index contributed by atoms with van der Waals surface area (Å²) in [6.45, 7) is 0. The van der Waals surface area contributed by atoms with Crippen LogP contribution in [0.1, 0.15) is 34.5 Å². The number of anilines is 2. The maximum absolute atomic E-state index is 6.92. The number of nitrogens with two attached hydrogens (primary N) is 2. The lowest BCUT2D eigenvalue weighted by molar-refractivity contribution is 0.0283. The van der Waals surface area contributed by atoms with Gasteiger partial charge in [-0.15, -0.1) is 0 Å². The van der Waals surface area contributed by atoms with E-state index in [1.807, 2.05) is 97.1 Å². The van der Waals surface area contributed by atoms with Crippen LogP contribution in [-0.2, 0) is 4.74 Å². The topological polar surface area (TPSA) is 79.7 Å².